The number of esters is 1. The van der Waals surface area contributed by atoms with Crippen LogP contribution < -0.4 is 5.32 Å². The highest BCUT2D eigenvalue weighted by Crippen LogP contribution is 2.18. The number of furan rings is 1. The van der Waals surface area contributed by atoms with Crippen molar-refractivity contribution in [3.63, 3.8) is 0 Å². The lowest BCUT2D eigenvalue weighted by atomic mass is 10.3. The highest BCUT2D eigenvalue weighted by Gasteiger charge is 2.09. The number of amides is 1. The van der Waals surface area contributed by atoms with E-state index >= 15 is 0 Å². The Morgan fingerprint density at radius 2 is 2.13 bits per heavy atom. The van der Waals surface area contributed by atoms with E-state index in [1.807, 2.05) is 0 Å². The van der Waals surface area contributed by atoms with Gasteiger partial charge in [0.05, 0.1) is 5.69 Å². The molecule has 23 heavy (non-hydrogen) atoms. The Kier molecular flexibility index (Phi) is 5.95. The Bertz CT molecular complexity index is 760. The van der Waals surface area contributed by atoms with E-state index in [1.165, 1.54) is 18.2 Å². The molecule has 1 aromatic carbocycles. The molecule has 1 N–H and O–H groups in total. The van der Waals surface area contributed by atoms with Crippen molar-refractivity contribution < 1.29 is 23.1 Å². The number of hydrogen-bond acceptors (Lipinski definition) is 4. The van der Waals surface area contributed by atoms with Crippen LogP contribution in [-0.2, 0) is 14.3 Å². The Labute approximate surface area is 144 Å². The van der Waals surface area contributed by atoms with Crippen molar-refractivity contribution in [2.45, 2.75) is 0 Å². The maximum Gasteiger partial charge on any atom is 0.331 e. The van der Waals surface area contributed by atoms with Crippen LogP contribution in [0.25, 0.3) is 6.08 Å². The molecule has 2 rings (SSSR count). The smallest absolute Gasteiger partial charge is 0.331 e. The SMILES string of the molecule is O=C(COC(=O)C=Cc1ccc(Br)o1)Nc1ccc(Cl)cc1F. The van der Waals surface area contributed by atoms with Gasteiger partial charge in [-0.3, -0.25) is 4.79 Å². The van der Waals surface area contributed by atoms with Crippen molar-refractivity contribution in [1.29, 1.82) is 0 Å². The first kappa shape index (κ1) is 17.2. The molecule has 120 valence electrons. The molecular weight excluding hydrogens is 393 g/mol. The molecule has 0 bridgehead atoms. The molecule has 0 spiro atoms. The van der Waals surface area contributed by atoms with Gasteiger partial charge in [-0.25, -0.2) is 9.18 Å². The second-order valence-corrected chi connectivity index (χ2v) is 5.47. The van der Waals surface area contributed by atoms with Gasteiger partial charge in [0.15, 0.2) is 11.3 Å². The van der Waals surface area contributed by atoms with E-state index in [0.29, 0.717) is 10.4 Å². The first-order valence-corrected chi connectivity index (χ1v) is 7.46. The second kappa shape index (κ2) is 7.94. The molecule has 0 aliphatic heterocycles. The van der Waals surface area contributed by atoms with Crippen LogP contribution in [0.1, 0.15) is 5.76 Å². The number of anilines is 1. The Morgan fingerprint density at radius 1 is 1.35 bits per heavy atom. The standard InChI is InChI=1S/C15H10BrClFNO4/c16-13-5-2-10(23-13)3-6-15(21)22-8-14(20)19-12-4-1-9(17)7-11(12)18/h1-7H,8H2,(H,19,20). The summed E-state index contributed by atoms with van der Waals surface area (Å²) in [6.07, 6.45) is 2.51. The summed E-state index contributed by atoms with van der Waals surface area (Å²) in [5.41, 5.74) is -0.0496. The number of halogens is 3. The highest BCUT2D eigenvalue weighted by molar-refractivity contribution is 9.10. The molecule has 5 nitrogen and oxygen atoms in total. The number of carbonyl (C=O) groups excluding carboxylic acids is 2. The average molecular weight is 403 g/mol. The summed E-state index contributed by atoms with van der Waals surface area (Å²) in [5, 5.41) is 2.48. The van der Waals surface area contributed by atoms with E-state index in [9.17, 15) is 14.0 Å². The maximum absolute atomic E-state index is 13.5. The third kappa shape index (κ3) is 5.54. The first-order valence-electron chi connectivity index (χ1n) is 6.29. The van der Waals surface area contributed by atoms with E-state index in [4.69, 9.17) is 20.8 Å². The minimum Gasteiger partial charge on any atom is -0.452 e. The van der Waals surface area contributed by atoms with Gasteiger partial charge >= 0.3 is 5.97 Å². The predicted molar refractivity (Wildman–Crippen MR) is 86.4 cm³/mol. The third-order valence-corrected chi connectivity index (χ3v) is 3.19. The van der Waals surface area contributed by atoms with Crippen molar-refractivity contribution in [1.82, 2.24) is 0 Å². The number of rotatable bonds is 5. The zero-order chi connectivity index (χ0) is 16.8. The summed E-state index contributed by atoms with van der Waals surface area (Å²) in [7, 11) is 0. The van der Waals surface area contributed by atoms with Gasteiger partial charge in [-0.05, 0) is 52.3 Å². The van der Waals surface area contributed by atoms with Crippen LogP contribution in [0.2, 0.25) is 5.02 Å². The fourth-order valence-electron chi connectivity index (χ4n) is 1.53. The number of carbonyl (C=O) groups is 2. The van der Waals surface area contributed by atoms with Gasteiger partial charge in [0.1, 0.15) is 11.6 Å². The summed E-state index contributed by atoms with van der Waals surface area (Å²) < 4.78 is 23.9. The molecule has 0 atom stereocenters. The number of ether oxygens (including phenoxy) is 1. The van der Waals surface area contributed by atoms with Gasteiger partial charge in [-0.2, -0.15) is 0 Å². The minimum absolute atomic E-state index is 0.0496. The largest absolute Gasteiger partial charge is 0.452 e. The Morgan fingerprint density at radius 3 is 2.78 bits per heavy atom. The average Bonchev–Trinajstić information content (AvgIpc) is 2.91. The second-order valence-electron chi connectivity index (χ2n) is 4.26. The zero-order valence-corrected chi connectivity index (χ0v) is 13.9. The molecule has 0 saturated carbocycles. The molecule has 0 fully saturated rings. The van der Waals surface area contributed by atoms with Gasteiger partial charge in [0, 0.05) is 11.1 Å². The lowest BCUT2D eigenvalue weighted by Crippen LogP contribution is -2.20. The summed E-state index contributed by atoms with van der Waals surface area (Å²) >= 11 is 8.72. The molecule has 0 aliphatic carbocycles. The van der Waals surface area contributed by atoms with E-state index in [-0.39, 0.29) is 10.7 Å². The molecule has 1 amide bonds. The molecule has 0 radical (unpaired) electrons. The zero-order valence-electron chi connectivity index (χ0n) is 11.5. The number of nitrogens with one attached hydrogen (secondary N) is 1. The lowest BCUT2D eigenvalue weighted by molar-refractivity contribution is -0.142. The number of hydrogen-bond donors (Lipinski definition) is 1. The van der Waals surface area contributed by atoms with Crippen molar-refractivity contribution in [2.24, 2.45) is 0 Å². The summed E-state index contributed by atoms with van der Waals surface area (Å²) in [4.78, 5) is 23.1. The van der Waals surface area contributed by atoms with Crippen LogP contribution in [0.4, 0.5) is 10.1 Å². The predicted octanol–water partition coefficient (Wildman–Crippen LogP) is 4.03. The van der Waals surface area contributed by atoms with Gasteiger partial charge in [-0.1, -0.05) is 11.6 Å². The van der Waals surface area contributed by atoms with Crippen molar-refractivity contribution in [2.75, 3.05) is 11.9 Å². The summed E-state index contributed by atoms with van der Waals surface area (Å²) in [6.45, 7) is -0.549. The Hall–Kier alpha value is -2.12. The maximum atomic E-state index is 13.5. The van der Waals surface area contributed by atoms with E-state index in [0.717, 1.165) is 12.1 Å². The van der Waals surface area contributed by atoms with Crippen LogP contribution >= 0.6 is 27.5 Å². The first-order chi connectivity index (χ1) is 10.9. The molecular formula is C15H10BrClFNO4. The summed E-state index contributed by atoms with van der Waals surface area (Å²) in [5.74, 6) is -1.64. The molecule has 8 heteroatoms. The van der Waals surface area contributed by atoms with Crippen LogP contribution in [0, 0.1) is 5.82 Å². The van der Waals surface area contributed by atoms with Gasteiger partial charge in [-0.15, -0.1) is 0 Å². The normalized spacial score (nSPS) is 10.7. The monoisotopic (exact) mass is 401 g/mol. The molecule has 2 aromatic rings. The molecule has 0 aliphatic rings. The fraction of sp³-hybridized carbons (Fsp3) is 0.0667. The van der Waals surface area contributed by atoms with Crippen LogP contribution in [0.3, 0.4) is 0 Å². The van der Waals surface area contributed by atoms with Crippen molar-refractivity contribution >= 4 is 51.2 Å². The van der Waals surface area contributed by atoms with Crippen LogP contribution in [0.5, 0.6) is 0 Å². The van der Waals surface area contributed by atoms with Crippen molar-refractivity contribution in [3.8, 4) is 0 Å². The van der Waals surface area contributed by atoms with Gasteiger partial charge in [0.2, 0.25) is 0 Å². The van der Waals surface area contributed by atoms with E-state index in [2.05, 4.69) is 21.2 Å². The lowest BCUT2D eigenvalue weighted by Gasteiger charge is -2.06. The van der Waals surface area contributed by atoms with Gasteiger partial charge in [0.25, 0.3) is 5.91 Å². The third-order valence-electron chi connectivity index (χ3n) is 2.53. The Balaban J connectivity index is 1.81. The quantitative estimate of drug-likeness (QED) is 0.606. The molecule has 0 unspecified atom stereocenters. The number of benzene rings is 1. The van der Waals surface area contributed by atoms with Gasteiger partial charge < -0.3 is 14.5 Å². The fourth-order valence-corrected chi connectivity index (χ4v) is 2.01. The summed E-state index contributed by atoms with van der Waals surface area (Å²) in [6, 6.07) is 7.11. The highest BCUT2D eigenvalue weighted by atomic mass is 79.9. The molecule has 0 saturated heterocycles. The van der Waals surface area contributed by atoms with Crippen LogP contribution in [0.15, 0.2) is 45.5 Å². The van der Waals surface area contributed by atoms with E-state index < -0.39 is 24.3 Å². The minimum atomic E-state index is -0.732. The topological polar surface area (TPSA) is 68.5 Å². The van der Waals surface area contributed by atoms with Crippen molar-refractivity contribution in [3.05, 3.63) is 57.7 Å². The molecule has 1 aromatic heterocycles. The van der Waals surface area contributed by atoms with Crippen LogP contribution in [-0.4, -0.2) is 18.5 Å². The van der Waals surface area contributed by atoms with E-state index in [1.54, 1.807) is 12.1 Å². The molecule has 1 heterocycles.